The van der Waals surface area contributed by atoms with E-state index in [0.29, 0.717) is 42.9 Å². The molecule has 29 heavy (non-hydrogen) atoms. The summed E-state index contributed by atoms with van der Waals surface area (Å²) in [7, 11) is 0. The maximum atomic E-state index is 13.2. The van der Waals surface area contributed by atoms with E-state index < -0.39 is 12.0 Å². The SMILES string of the molecule is Cc1c(NC2CCN(C(=O)c3ccoc3)CC2)nn2c(C(F)(F)F)nnc2c1C. The number of carbonyl (C=O) groups is 1. The summed E-state index contributed by atoms with van der Waals surface area (Å²) < 4.78 is 45.2. The van der Waals surface area contributed by atoms with Crippen LogP contribution in [0.4, 0.5) is 19.0 Å². The van der Waals surface area contributed by atoms with Gasteiger partial charge in [0, 0.05) is 24.7 Å². The predicted octanol–water partition coefficient (Wildman–Crippen LogP) is 3.07. The molecule has 8 nitrogen and oxygen atoms in total. The molecule has 1 N–H and O–H groups in total. The Morgan fingerprint density at radius 1 is 1.21 bits per heavy atom. The molecule has 3 aromatic heterocycles. The molecule has 4 heterocycles. The number of rotatable bonds is 3. The fourth-order valence-electron chi connectivity index (χ4n) is 3.43. The average molecular weight is 408 g/mol. The lowest BCUT2D eigenvalue weighted by atomic mass is 10.0. The molecule has 0 spiro atoms. The molecule has 0 aliphatic carbocycles. The number of aromatic nitrogens is 4. The molecule has 4 rings (SSSR count). The maximum absolute atomic E-state index is 13.2. The Hall–Kier alpha value is -3.11. The third-order valence-corrected chi connectivity index (χ3v) is 5.24. The molecule has 0 aromatic carbocycles. The van der Waals surface area contributed by atoms with E-state index >= 15 is 0 Å². The Balaban J connectivity index is 1.51. The number of piperidine rings is 1. The zero-order chi connectivity index (χ0) is 20.8. The normalized spacial score (nSPS) is 15.8. The Labute approximate surface area is 163 Å². The first-order valence-electron chi connectivity index (χ1n) is 9.13. The number of nitrogens with zero attached hydrogens (tertiary/aromatic N) is 5. The minimum absolute atomic E-state index is 0.0164. The van der Waals surface area contributed by atoms with E-state index in [-0.39, 0.29) is 17.6 Å². The van der Waals surface area contributed by atoms with Gasteiger partial charge in [0.1, 0.15) is 6.26 Å². The van der Waals surface area contributed by atoms with Crippen LogP contribution in [0.1, 0.15) is 40.2 Å². The van der Waals surface area contributed by atoms with Gasteiger partial charge in [0.05, 0.1) is 11.8 Å². The molecule has 1 amide bonds. The zero-order valence-electron chi connectivity index (χ0n) is 15.8. The number of aryl methyl sites for hydroxylation is 1. The van der Waals surface area contributed by atoms with Crippen LogP contribution in [-0.2, 0) is 6.18 Å². The number of halogens is 3. The largest absolute Gasteiger partial charge is 0.472 e. The first kappa shape index (κ1) is 19.2. The number of nitrogens with one attached hydrogen (secondary N) is 1. The molecular formula is C18H19F3N6O2. The number of hydrogen-bond acceptors (Lipinski definition) is 6. The lowest BCUT2D eigenvalue weighted by molar-refractivity contribution is -0.146. The van der Waals surface area contributed by atoms with Crippen molar-refractivity contribution < 1.29 is 22.4 Å². The summed E-state index contributed by atoms with van der Waals surface area (Å²) in [6.07, 6.45) is -0.486. The number of fused-ring (bicyclic) bond motifs is 1. The van der Waals surface area contributed by atoms with Gasteiger partial charge in [-0.25, -0.2) is 0 Å². The van der Waals surface area contributed by atoms with Crippen LogP contribution in [0.15, 0.2) is 23.0 Å². The molecule has 1 aliphatic heterocycles. The van der Waals surface area contributed by atoms with E-state index in [0.717, 1.165) is 10.1 Å². The van der Waals surface area contributed by atoms with Crippen LogP contribution in [0, 0.1) is 13.8 Å². The van der Waals surface area contributed by atoms with E-state index in [1.165, 1.54) is 12.5 Å². The van der Waals surface area contributed by atoms with E-state index in [4.69, 9.17) is 4.42 Å². The summed E-state index contributed by atoms with van der Waals surface area (Å²) in [4.78, 5) is 14.1. The summed E-state index contributed by atoms with van der Waals surface area (Å²) >= 11 is 0. The molecule has 0 unspecified atom stereocenters. The second-order valence-electron chi connectivity index (χ2n) is 7.08. The Morgan fingerprint density at radius 2 is 1.93 bits per heavy atom. The molecule has 3 aromatic rings. The van der Waals surface area contributed by atoms with Crippen molar-refractivity contribution in [3.05, 3.63) is 41.1 Å². The van der Waals surface area contributed by atoms with Gasteiger partial charge in [-0.3, -0.25) is 4.79 Å². The number of amides is 1. The number of carbonyl (C=O) groups excluding carboxylic acids is 1. The smallest absolute Gasteiger partial charge is 0.453 e. The second kappa shape index (κ2) is 7.05. The van der Waals surface area contributed by atoms with Crippen molar-refractivity contribution in [1.29, 1.82) is 0 Å². The van der Waals surface area contributed by atoms with E-state index in [1.807, 2.05) is 0 Å². The van der Waals surface area contributed by atoms with Crippen LogP contribution in [0.3, 0.4) is 0 Å². The van der Waals surface area contributed by atoms with Gasteiger partial charge in [-0.1, -0.05) is 0 Å². The quantitative estimate of drug-likeness (QED) is 0.717. The standard InChI is InChI=1S/C18H19F3N6O2/c1-10-11(2)15-23-24-17(18(19,20)21)27(15)25-14(10)22-13-3-6-26(7-4-13)16(28)12-5-8-29-9-12/h5,8-9,13H,3-4,6-7H2,1-2H3,(H,22,25). The number of hydrogen-bond donors (Lipinski definition) is 1. The second-order valence-corrected chi connectivity index (χ2v) is 7.08. The molecule has 0 bridgehead atoms. The van der Waals surface area contributed by atoms with Crippen molar-refractivity contribution in [2.75, 3.05) is 18.4 Å². The monoisotopic (exact) mass is 408 g/mol. The fraction of sp³-hybridized carbons (Fsp3) is 0.444. The number of alkyl halides is 3. The van der Waals surface area contributed by atoms with Crippen LogP contribution in [0.2, 0.25) is 0 Å². The number of furan rings is 1. The molecular weight excluding hydrogens is 389 g/mol. The van der Waals surface area contributed by atoms with Crippen molar-refractivity contribution in [1.82, 2.24) is 24.7 Å². The summed E-state index contributed by atoms with van der Waals surface area (Å²) in [5.74, 6) is -0.887. The maximum Gasteiger partial charge on any atom is 0.453 e. The van der Waals surface area contributed by atoms with Crippen LogP contribution in [-0.4, -0.2) is 49.7 Å². The molecule has 1 aliphatic rings. The molecule has 1 fully saturated rings. The van der Waals surface area contributed by atoms with E-state index in [2.05, 4.69) is 20.6 Å². The molecule has 0 saturated carbocycles. The van der Waals surface area contributed by atoms with Crippen molar-refractivity contribution in [2.45, 2.75) is 38.9 Å². The molecule has 0 atom stereocenters. The predicted molar refractivity (Wildman–Crippen MR) is 96.5 cm³/mol. The van der Waals surface area contributed by atoms with Gasteiger partial charge >= 0.3 is 6.18 Å². The average Bonchev–Trinajstić information content (AvgIpc) is 3.35. The highest BCUT2D eigenvalue weighted by molar-refractivity contribution is 5.93. The van der Waals surface area contributed by atoms with Gasteiger partial charge in [0.25, 0.3) is 11.7 Å². The van der Waals surface area contributed by atoms with Crippen LogP contribution >= 0.6 is 0 Å². The third-order valence-electron chi connectivity index (χ3n) is 5.24. The summed E-state index contributed by atoms with van der Waals surface area (Å²) in [6.45, 7) is 4.54. The van der Waals surface area contributed by atoms with Crippen molar-refractivity contribution in [3.8, 4) is 0 Å². The topological polar surface area (TPSA) is 88.6 Å². The van der Waals surface area contributed by atoms with Crippen molar-refractivity contribution in [3.63, 3.8) is 0 Å². The van der Waals surface area contributed by atoms with Gasteiger partial charge in [-0.05, 0) is 38.3 Å². The summed E-state index contributed by atoms with van der Waals surface area (Å²) in [6, 6.07) is 1.60. The zero-order valence-corrected chi connectivity index (χ0v) is 15.8. The highest BCUT2D eigenvalue weighted by atomic mass is 19.4. The lowest BCUT2D eigenvalue weighted by Gasteiger charge is -2.32. The van der Waals surface area contributed by atoms with Gasteiger partial charge < -0.3 is 14.6 Å². The van der Waals surface area contributed by atoms with E-state index in [1.54, 1.807) is 24.8 Å². The third kappa shape index (κ3) is 3.52. The first-order valence-corrected chi connectivity index (χ1v) is 9.13. The van der Waals surface area contributed by atoms with Gasteiger partial charge in [0.2, 0.25) is 0 Å². The molecule has 11 heteroatoms. The van der Waals surface area contributed by atoms with Crippen molar-refractivity contribution >= 4 is 17.4 Å². The Kier molecular flexibility index (Phi) is 4.67. The lowest BCUT2D eigenvalue weighted by Crippen LogP contribution is -2.42. The van der Waals surface area contributed by atoms with Crippen LogP contribution < -0.4 is 5.32 Å². The summed E-state index contributed by atoms with van der Waals surface area (Å²) in [5, 5.41) is 14.2. The van der Waals surface area contributed by atoms with Gasteiger partial charge in [-0.15, -0.1) is 15.3 Å². The fourth-order valence-corrected chi connectivity index (χ4v) is 3.43. The summed E-state index contributed by atoms with van der Waals surface area (Å²) in [5.41, 5.74) is 1.89. The van der Waals surface area contributed by atoms with Crippen molar-refractivity contribution in [2.24, 2.45) is 0 Å². The number of anilines is 1. The molecule has 1 saturated heterocycles. The van der Waals surface area contributed by atoms with Crippen LogP contribution in [0.5, 0.6) is 0 Å². The minimum atomic E-state index is -4.65. The van der Waals surface area contributed by atoms with Gasteiger partial charge in [0.15, 0.2) is 11.5 Å². The van der Waals surface area contributed by atoms with Crippen LogP contribution in [0.25, 0.3) is 5.65 Å². The minimum Gasteiger partial charge on any atom is -0.472 e. The first-order chi connectivity index (χ1) is 13.8. The number of likely N-dealkylation sites (tertiary alicyclic amines) is 1. The Bertz CT molecular complexity index is 1040. The van der Waals surface area contributed by atoms with E-state index in [9.17, 15) is 18.0 Å². The highest BCUT2D eigenvalue weighted by Crippen LogP contribution is 2.30. The Morgan fingerprint density at radius 3 is 2.55 bits per heavy atom. The van der Waals surface area contributed by atoms with Gasteiger partial charge in [-0.2, -0.15) is 17.7 Å². The molecule has 0 radical (unpaired) electrons. The molecule has 154 valence electrons. The highest BCUT2D eigenvalue weighted by Gasteiger charge is 2.38.